The average Bonchev–Trinajstić information content (AvgIpc) is 2.35. The second kappa shape index (κ2) is 11.3. The van der Waals surface area contributed by atoms with E-state index in [1.807, 2.05) is 0 Å². The largest absolute Gasteiger partial charge is 0.295 e. The van der Waals surface area contributed by atoms with Crippen LogP contribution >= 0.6 is 0 Å². The zero-order valence-electron chi connectivity index (χ0n) is 10.7. The Morgan fingerprint density at radius 2 is 0.941 bits per heavy atom. The summed E-state index contributed by atoms with van der Waals surface area (Å²) in [6, 6.07) is 0. The molecule has 0 saturated carbocycles. The summed E-state index contributed by atoms with van der Waals surface area (Å²) in [6.45, 7) is 6.89. The first-order chi connectivity index (χ1) is 8.20. The quantitative estimate of drug-likeness (QED) is 0.379. The van der Waals surface area contributed by atoms with E-state index < -0.39 is 0 Å². The summed E-state index contributed by atoms with van der Waals surface area (Å²) in [7, 11) is 0. The molecule has 0 radical (unpaired) electrons. The first kappa shape index (κ1) is 15.8. The van der Waals surface area contributed by atoms with Crippen molar-refractivity contribution in [3.05, 3.63) is 25.3 Å². The monoisotopic (exact) mass is 236 g/mol. The highest BCUT2D eigenvalue weighted by Crippen LogP contribution is 2.10. The normalized spacial score (nSPS) is 9.88. The molecule has 0 aromatic carbocycles. The number of carbonyl (C=O) groups is 2. The Balaban J connectivity index is 3.13. The molecule has 2 heteroatoms. The second-order valence-electron chi connectivity index (χ2n) is 4.32. The fourth-order valence-corrected chi connectivity index (χ4v) is 1.69. The van der Waals surface area contributed by atoms with Gasteiger partial charge >= 0.3 is 0 Å². The van der Waals surface area contributed by atoms with Crippen molar-refractivity contribution < 1.29 is 9.59 Å². The summed E-state index contributed by atoms with van der Waals surface area (Å²) in [4.78, 5) is 21.8. The summed E-state index contributed by atoms with van der Waals surface area (Å²) in [5.74, 6) is 0.292. The van der Waals surface area contributed by atoms with Gasteiger partial charge in [0.15, 0.2) is 11.6 Å². The number of allylic oxidation sites excluding steroid dienone is 2. The molecule has 0 aliphatic carbocycles. The van der Waals surface area contributed by atoms with E-state index in [0.29, 0.717) is 12.8 Å². The highest BCUT2D eigenvalue weighted by atomic mass is 16.1. The second-order valence-corrected chi connectivity index (χ2v) is 4.32. The van der Waals surface area contributed by atoms with Gasteiger partial charge < -0.3 is 0 Å². The molecule has 0 saturated heterocycles. The van der Waals surface area contributed by atoms with Crippen molar-refractivity contribution in [1.29, 1.82) is 0 Å². The maximum absolute atomic E-state index is 10.9. The number of ketones is 2. The molecule has 0 N–H and O–H groups in total. The van der Waals surface area contributed by atoms with Crippen molar-refractivity contribution in [2.75, 3.05) is 0 Å². The maximum Gasteiger partial charge on any atom is 0.155 e. The first-order valence-electron chi connectivity index (χ1n) is 6.51. The van der Waals surface area contributed by atoms with E-state index in [4.69, 9.17) is 0 Å². The molecule has 0 spiro atoms. The minimum absolute atomic E-state index is 0.146. The molecule has 0 fully saturated rings. The molecule has 0 aromatic heterocycles. The van der Waals surface area contributed by atoms with Crippen LogP contribution in [0.2, 0.25) is 0 Å². The molecule has 0 unspecified atom stereocenters. The molecule has 0 aliphatic heterocycles. The van der Waals surface area contributed by atoms with E-state index in [2.05, 4.69) is 13.2 Å². The fraction of sp³-hybridized carbons (Fsp3) is 0.600. The molecule has 96 valence electrons. The highest BCUT2D eigenvalue weighted by molar-refractivity contribution is 5.89. The summed E-state index contributed by atoms with van der Waals surface area (Å²) >= 11 is 0. The van der Waals surface area contributed by atoms with Crippen molar-refractivity contribution >= 4 is 11.6 Å². The van der Waals surface area contributed by atoms with Gasteiger partial charge in [-0.05, 0) is 25.0 Å². The van der Waals surface area contributed by atoms with Crippen molar-refractivity contribution in [1.82, 2.24) is 0 Å². The highest BCUT2D eigenvalue weighted by Gasteiger charge is 1.97. The molecule has 2 nitrogen and oxygen atoms in total. The topological polar surface area (TPSA) is 34.1 Å². The van der Waals surface area contributed by atoms with Crippen LogP contribution in [-0.2, 0) is 9.59 Å². The van der Waals surface area contributed by atoms with Crippen LogP contribution in [0.4, 0.5) is 0 Å². The molecule has 0 rings (SSSR count). The summed E-state index contributed by atoms with van der Waals surface area (Å²) in [5, 5.41) is 0. The average molecular weight is 236 g/mol. The number of rotatable bonds is 12. The predicted octanol–water partition coefficient (Wildman–Crippen LogP) is 4.01. The third-order valence-electron chi connectivity index (χ3n) is 2.80. The Morgan fingerprint density at radius 3 is 1.24 bits per heavy atom. The van der Waals surface area contributed by atoms with Crippen LogP contribution in [0.1, 0.15) is 57.8 Å². The molecular weight excluding hydrogens is 212 g/mol. The predicted molar refractivity (Wildman–Crippen MR) is 72.0 cm³/mol. The van der Waals surface area contributed by atoms with Crippen molar-refractivity contribution in [3.8, 4) is 0 Å². The van der Waals surface area contributed by atoms with Gasteiger partial charge in [-0.15, -0.1) is 0 Å². The zero-order chi connectivity index (χ0) is 12.9. The van der Waals surface area contributed by atoms with Gasteiger partial charge in [0, 0.05) is 12.8 Å². The lowest BCUT2D eigenvalue weighted by Crippen LogP contribution is -1.92. The first-order valence-corrected chi connectivity index (χ1v) is 6.51. The molecule has 0 amide bonds. The van der Waals surface area contributed by atoms with Crippen LogP contribution < -0.4 is 0 Å². The molecule has 0 heterocycles. The smallest absolute Gasteiger partial charge is 0.155 e. The van der Waals surface area contributed by atoms with Crippen LogP contribution in [0.5, 0.6) is 0 Å². The van der Waals surface area contributed by atoms with Crippen LogP contribution in [-0.4, -0.2) is 11.6 Å². The Bertz CT molecular complexity index is 228. The van der Waals surface area contributed by atoms with Gasteiger partial charge in [0.05, 0.1) is 0 Å². The van der Waals surface area contributed by atoms with E-state index in [-0.39, 0.29) is 11.6 Å². The van der Waals surface area contributed by atoms with Crippen LogP contribution in [0.25, 0.3) is 0 Å². The van der Waals surface area contributed by atoms with E-state index in [9.17, 15) is 9.59 Å². The third-order valence-corrected chi connectivity index (χ3v) is 2.80. The van der Waals surface area contributed by atoms with Crippen LogP contribution in [0.15, 0.2) is 25.3 Å². The van der Waals surface area contributed by atoms with Gasteiger partial charge in [-0.3, -0.25) is 9.59 Å². The third kappa shape index (κ3) is 11.1. The van der Waals surface area contributed by atoms with Crippen LogP contribution in [0.3, 0.4) is 0 Å². The summed E-state index contributed by atoms with van der Waals surface area (Å²) in [5.41, 5.74) is 0. The van der Waals surface area contributed by atoms with Gasteiger partial charge in [0.2, 0.25) is 0 Å². The summed E-state index contributed by atoms with van der Waals surface area (Å²) < 4.78 is 0. The van der Waals surface area contributed by atoms with E-state index in [1.54, 1.807) is 0 Å². The summed E-state index contributed by atoms with van der Waals surface area (Å²) in [6.07, 6.45) is 11.8. The van der Waals surface area contributed by atoms with Crippen LogP contribution in [0, 0.1) is 0 Å². The minimum atomic E-state index is 0.146. The molecule has 0 aliphatic rings. The molecule has 17 heavy (non-hydrogen) atoms. The lowest BCUT2D eigenvalue weighted by molar-refractivity contribution is -0.115. The lowest BCUT2D eigenvalue weighted by atomic mass is 10.1. The molecule has 0 atom stereocenters. The van der Waals surface area contributed by atoms with E-state index in [1.165, 1.54) is 31.4 Å². The molecule has 0 aromatic rings. The lowest BCUT2D eigenvalue weighted by Gasteiger charge is -2.00. The molecule has 0 bridgehead atoms. The standard InChI is InChI=1S/C15H24O2/c1-3-14(16)12-10-8-6-5-7-9-11-13-15(17)4-2/h3-4H,1-2,5-13H2. The maximum atomic E-state index is 10.9. The van der Waals surface area contributed by atoms with Gasteiger partial charge in [-0.2, -0.15) is 0 Å². The van der Waals surface area contributed by atoms with Crippen molar-refractivity contribution in [3.63, 3.8) is 0 Å². The van der Waals surface area contributed by atoms with Crippen molar-refractivity contribution in [2.24, 2.45) is 0 Å². The number of carbonyl (C=O) groups excluding carboxylic acids is 2. The molecular formula is C15H24O2. The Kier molecular flexibility index (Phi) is 10.5. The van der Waals surface area contributed by atoms with Gasteiger partial charge in [0.25, 0.3) is 0 Å². The van der Waals surface area contributed by atoms with E-state index in [0.717, 1.165) is 25.7 Å². The Hall–Kier alpha value is -1.18. The van der Waals surface area contributed by atoms with Crippen molar-refractivity contribution in [2.45, 2.75) is 57.8 Å². The van der Waals surface area contributed by atoms with E-state index >= 15 is 0 Å². The zero-order valence-corrected chi connectivity index (χ0v) is 10.7. The Morgan fingerprint density at radius 1 is 0.647 bits per heavy atom. The number of unbranched alkanes of at least 4 members (excludes halogenated alkanes) is 6. The SMILES string of the molecule is C=CC(=O)CCCCCCCCCC(=O)C=C. The van der Waals surface area contributed by atoms with Gasteiger partial charge in [0.1, 0.15) is 0 Å². The fourth-order valence-electron chi connectivity index (χ4n) is 1.69. The number of hydrogen-bond donors (Lipinski definition) is 0. The Labute approximate surface area is 105 Å². The van der Waals surface area contributed by atoms with Gasteiger partial charge in [-0.1, -0.05) is 45.3 Å². The number of hydrogen-bond acceptors (Lipinski definition) is 2. The minimum Gasteiger partial charge on any atom is -0.295 e. The van der Waals surface area contributed by atoms with Gasteiger partial charge in [-0.25, -0.2) is 0 Å².